The van der Waals surface area contributed by atoms with Gasteiger partial charge in [-0.3, -0.25) is 0 Å². The minimum Gasteiger partial charge on any atom is -0.496 e. The van der Waals surface area contributed by atoms with Gasteiger partial charge in [0.05, 0.1) is 23.8 Å². The van der Waals surface area contributed by atoms with E-state index in [2.05, 4.69) is 51.1 Å². The predicted molar refractivity (Wildman–Crippen MR) is 112 cm³/mol. The topological polar surface area (TPSA) is 31.4 Å². The lowest BCUT2D eigenvalue weighted by Gasteiger charge is -2.32. The number of ether oxygens (including phenoxy) is 2. The third-order valence-electron chi connectivity index (χ3n) is 4.71. The van der Waals surface area contributed by atoms with Crippen LogP contribution in [-0.4, -0.2) is 17.2 Å². The monoisotopic (exact) mass is 377 g/mol. The fraction of sp³-hybridized carbons (Fsp3) is 0.261. The van der Waals surface area contributed by atoms with Crippen molar-refractivity contribution in [2.45, 2.75) is 31.8 Å². The zero-order valence-electron chi connectivity index (χ0n) is 16.1. The number of fused-ring (bicyclic) bond motifs is 1. The molecule has 4 heteroatoms. The largest absolute Gasteiger partial charge is 0.496 e. The highest BCUT2D eigenvalue weighted by atomic mass is 31.1. The zero-order valence-corrected chi connectivity index (χ0v) is 17.0. The molecule has 2 heterocycles. The van der Waals surface area contributed by atoms with Gasteiger partial charge in [0.1, 0.15) is 11.5 Å². The SMILES string of the molecule is COc1cccc2c1P(C(C)(C)C)[C@H](c1cccc(-c3ccccc3)n1)O2. The molecule has 1 aliphatic rings. The van der Waals surface area contributed by atoms with Crippen molar-refractivity contribution in [3.05, 3.63) is 72.4 Å². The number of aromatic nitrogens is 1. The quantitative estimate of drug-likeness (QED) is 0.544. The fourth-order valence-corrected chi connectivity index (χ4v) is 6.53. The highest BCUT2D eigenvalue weighted by Gasteiger charge is 2.45. The summed E-state index contributed by atoms with van der Waals surface area (Å²) in [5.74, 6) is 1.76. The second-order valence-corrected chi connectivity index (χ2v) is 10.6. The second kappa shape index (κ2) is 6.98. The molecule has 0 bridgehead atoms. The molecular formula is C23H24NO2P. The number of hydrogen-bond donors (Lipinski definition) is 0. The van der Waals surface area contributed by atoms with Gasteiger partial charge in [0, 0.05) is 5.56 Å². The van der Waals surface area contributed by atoms with E-state index in [4.69, 9.17) is 14.5 Å². The first-order chi connectivity index (χ1) is 13.0. The van der Waals surface area contributed by atoms with Crippen LogP contribution in [0.3, 0.4) is 0 Å². The number of methoxy groups -OCH3 is 1. The molecule has 1 unspecified atom stereocenters. The van der Waals surface area contributed by atoms with Crippen LogP contribution in [0, 0.1) is 0 Å². The summed E-state index contributed by atoms with van der Waals surface area (Å²) < 4.78 is 12.1. The third kappa shape index (κ3) is 3.33. The van der Waals surface area contributed by atoms with E-state index in [-0.39, 0.29) is 11.0 Å². The van der Waals surface area contributed by atoms with Crippen LogP contribution in [-0.2, 0) is 0 Å². The fourth-order valence-electron chi connectivity index (χ4n) is 3.53. The predicted octanol–water partition coefficient (Wildman–Crippen LogP) is 5.75. The normalized spacial score (nSPS) is 18.7. The van der Waals surface area contributed by atoms with Crippen LogP contribution in [0.15, 0.2) is 66.7 Å². The Labute approximate surface area is 162 Å². The number of nitrogens with zero attached hydrogens (tertiary/aromatic N) is 1. The Bertz CT molecular complexity index is 950. The van der Waals surface area contributed by atoms with E-state index in [1.165, 1.54) is 5.30 Å². The molecule has 0 aliphatic carbocycles. The Morgan fingerprint density at radius 2 is 1.67 bits per heavy atom. The van der Waals surface area contributed by atoms with Gasteiger partial charge in [-0.05, 0) is 37.3 Å². The first-order valence-corrected chi connectivity index (χ1v) is 10.6. The maximum absolute atomic E-state index is 6.45. The Kier molecular flexibility index (Phi) is 4.65. The summed E-state index contributed by atoms with van der Waals surface area (Å²) in [6.45, 7) is 6.83. The molecule has 0 N–H and O–H groups in total. The number of benzene rings is 2. The molecule has 0 saturated carbocycles. The van der Waals surface area contributed by atoms with Crippen LogP contribution < -0.4 is 14.8 Å². The molecule has 2 aromatic carbocycles. The van der Waals surface area contributed by atoms with Crippen molar-refractivity contribution < 1.29 is 9.47 Å². The van der Waals surface area contributed by atoms with Crippen molar-refractivity contribution in [2.24, 2.45) is 0 Å². The van der Waals surface area contributed by atoms with Crippen molar-refractivity contribution >= 4 is 13.2 Å². The van der Waals surface area contributed by atoms with Gasteiger partial charge in [-0.15, -0.1) is 0 Å². The van der Waals surface area contributed by atoms with Gasteiger partial charge in [-0.1, -0.05) is 63.2 Å². The molecule has 1 aromatic heterocycles. The Morgan fingerprint density at radius 1 is 0.926 bits per heavy atom. The molecule has 0 spiro atoms. The second-order valence-electron chi connectivity index (χ2n) is 7.63. The molecule has 138 valence electrons. The summed E-state index contributed by atoms with van der Waals surface area (Å²) in [4.78, 5) is 4.98. The molecule has 0 fully saturated rings. The molecule has 0 saturated heterocycles. The van der Waals surface area contributed by atoms with E-state index in [9.17, 15) is 0 Å². The summed E-state index contributed by atoms with van der Waals surface area (Å²) in [5.41, 5.74) is 3.08. The lowest BCUT2D eigenvalue weighted by Crippen LogP contribution is -2.21. The maximum atomic E-state index is 6.45. The molecule has 1 aliphatic heterocycles. The number of rotatable bonds is 3. The minimum absolute atomic E-state index is 0.0598. The van der Waals surface area contributed by atoms with E-state index in [0.717, 1.165) is 28.5 Å². The molecule has 2 atom stereocenters. The van der Waals surface area contributed by atoms with Gasteiger partial charge in [-0.25, -0.2) is 4.98 Å². The molecule has 3 nitrogen and oxygen atoms in total. The summed E-state index contributed by atoms with van der Waals surface area (Å²) >= 11 is 0. The standard InChI is InChI=1S/C23H24NO2P/c1-23(2,3)27-21-19(25-4)14-9-15-20(21)26-22(27)18-13-8-12-17(24-18)16-10-6-5-7-11-16/h5-15,22H,1-4H3/t22-,27?/m1/s1. The van der Waals surface area contributed by atoms with Crippen LogP contribution in [0.2, 0.25) is 0 Å². The zero-order chi connectivity index (χ0) is 19.0. The minimum atomic E-state index is -0.659. The highest BCUT2D eigenvalue weighted by Crippen LogP contribution is 2.66. The summed E-state index contributed by atoms with van der Waals surface area (Å²) in [6, 6.07) is 22.6. The van der Waals surface area contributed by atoms with E-state index < -0.39 is 7.92 Å². The van der Waals surface area contributed by atoms with Gasteiger partial charge in [-0.2, -0.15) is 0 Å². The molecule has 3 aromatic rings. The Morgan fingerprint density at radius 3 is 2.37 bits per heavy atom. The first-order valence-electron chi connectivity index (χ1n) is 9.14. The van der Waals surface area contributed by atoms with E-state index in [1.54, 1.807) is 7.11 Å². The van der Waals surface area contributed by atoms with Crippen LogP contribution in [0.5, 0.6) is 11.5 Å². The van der Waals surface area contributed by atoms with Crippen molar-refractivity contribution in [1.82, 2.24) is 4.98 Å². The summed E-state index contributed by atoms with van der Waals surface area (Å²) in [6.07, 6.45) is 0. The average molecular weight is 377 g/mol. The van der Waals surface area contributed by atoms with Crippen LogP contribution >= 0.6 is 7.92 Å². The van der Waals surface area contributed by atoms with Crippen molar-refractivity contribution in [1.29, 1.82) is 0 Å². The van der Waals surface area contributed by atoms with Crippen molar-refractivity contribution in [3.63, 3.8) is 0 Å². The third-order valence-corrected chi connectivity index (χ3v) is 7.92. The van der Waals surface area contributed by atoms with Gasteiger partial charge in [0.2, 0.25) is 0 Å². The summed E-state index contributed by atoms with van der Waals surface area (Å²) in [5, 5.41) is 1.27. The van der Waals surface area contributed by atoms with E-state index in [1.807, 2.05) is 36.4 Å². The van der Waals surface area contributed by atoms with E-state index in [0.29, 0.717) is 0 Å². The van der Waals surface area contributed by atoms with Gasteiger partial charge in [0.15, 0.2) is 5.85 Å². The molecule has 0 radical (unpaired) electrons. The van der Waals surface area contributed by atoms with Crippen LogP contribution in [0.25, 0.3) is 11.3 Å². The van der Waals surface area contributed by atoms with Gasteiger partial charge < -0.3 is 9.47 Å². The lowest BCUT2D eigenvalue weighted by molar-refractivity contribution is 0.294. The van der Waals surface area contributed by atoms with Crippen molar-refractivity contribution in [2.75, 3.05) is 7.11 Å². The molecule has 27 heavy (non-hydrogen) atoms. The first kappa shape index (κ1) is 18.0. The smallest absolute Gasteiger partial charge is 0.163 e. The number of hydrogen-bond acceptors (Lipinski definition) is 3. The highest BCUT2D eigenvalue weighted by molar-refractivity contribution is 7.68. The Balaban J connectivity index is 1.80. The van der Waals surface area contributed by atoms with Gasteiger partial charge in [0.25, 0.3) is 0 Å². The Hall–Kier alpha value is -2.38. The van der Waals surface area contributed by atoms with Crippen molar-refractivity contribution in [3.8, 4) is 22.8 Å². The number of pyridine rings is 1. The lowest BCUT2D eigenvalue weighted by atomic mass is 10.1. The molecule has 4 rings (SSSR count). The van der Waals surface area contributed by atoms with Gasteiger partial charge >= 0.3 is 0 Å². The van der Waals surface area contributed by atoms with E-state index >= 15 is 0 Å². The molecule has 0 amide bonds. The summed E-state index contributed by atoms with van der Waals surface area (Å²) in [7, 11) is 1.07. The maximum Gasteiger partial charge on any atom is 0.163 e. The molecular weight excluding hydrogens is 353 g/mol. The van der Waals surface area contributed by atoms with Crippen LogP contribution in [0.1, 0.15) is 32.3 Å². The van der Waals surface area contributed by atoms with Crippen LogP contribution in [0.4, 0.5) is 0 Å². The average Bonchev–Trinajstić information content (AvgIpc) is 3.09.